The van der Waals surface area contributed by atoms with E-state index in [-0.39, 0.29) is 24.0 Å². The monoisotopic (exact) mass is 390 g/mol. The van der Waals surface area contributed by atoms with Crippen molar-refractivity contribution in [2.45, 2.75) is 33.1 Å². The number of aromatic nitrogens is 1. The van der Waals surface area contributed by atoms with Crippen molar-refractivity contribution in [2.75, 3.05) is 27.2 Å². The standard InChI is InChI=1S/C15H26N4.HI/c1-5-6-11-19(4)15(16-3)17-10-9-14-8-7-13(2)18-12-14;/h7-8,12H,5-6,9-11H2,1-4H3,(H,16,17);1H. The highest BCUT2D eigenvalue weighted by atomic mass is 127. The molecule has 0 aromatic carbocycles. The Balaban J connectivity index is 0.00000361. The van der Waals surface area contributed by atoms with Gasteiger partial charge in [-0.05, 0) is 31.4 Å². The van der Waals surface area contributed by atoms with Gasteiger partial charge in [-0.2, -0.15) is 0 Å². The molecule has 1 aromatic rings. The summed E-state index contributed by atoms with van der Waals surface area (Å²) in [5.41, 5.74) is 2.32. The summed E-state index contributed by atoms with van der Waals surface area (Å²) in [5, 5.41) is 3.39. The molecule has 1 heterocycles. The number of aryl methyl sites for hydroxylation is 1. The van der Waals surface area contributed by atoms with Crippen molar-refractivity contribution in [3.8, 4) is 0 Å². The van der Waals surface area contributed by atoms with Crippen molar-refractivity contribution in [2.24, 2.45) is 4.99 Å². The summed E-state index contributed by atoms with van der Waals surface area (Å²) in [6.07, 6.45) is 5.31. The van der Waals surface area contributed by atoms with Crippen molar-refractivity contribution < 1.29 is 0 Å². The topological polar surface area (TPSA) is 40.5 Å². The van der Waals surface area contributed by atoms with Gasteiger partial charge in [0.2, 0.25) is 0 Å². The number of guanidine groups is 1. The Hall–Kier alpha value is -0.850. The van der Waals surface area contributed by atoms with Crippen LogP contribution in [0.15, 0.2) is 23.3 Å². The van der Waals surface area contributed by atoms with E-state index in [1.165, 1.54) is 18.4 Å². The van der Waals surface area contributed by atoms with Crippen molar-refractivity contribution in [3.05, 3.63) is 29.6 Å². The van der Waals surface area contributed by atoms with E-state index in [9.17, 15) is 0 Å². The minimum Gasteiger partial charge on any atom is -0.356 e. The van der Waals surface area contributed by atoms with Crippen LogP contribution in [-0.2, 0) is 6.42 Å². The van der Waals surface area contributed by atoms with Crippen molar-refractivity contribution >= 4 is 29.9 Å². The van der Waals surface area contributed by atoms with Crippen LogP contribution in [0.4, 0.5) is 0 Å². The van der Waals surface area contributed by atoms with Crippen LogP contribution in [0.1, 0.15) is 31.0 Å². The van der Waals surface area contributed by atoms with Crippen LogP contribution in [0.2, 0.25) is 0 Å². The third kappa shape index (κ3) is 7.07. The lowest BCUT2D eigenvalue weighted by Crippen LogP contribution is -2.40. The van der Waals surface area contributed by atoms with Crippen molar-refractivity contribution in [1.29, 1.82) is 0 Å². The summed E-state index contributed by atoms with van der Waals surface area (Å²) in [6, 6.07) is 4.19. The minimum atomic E-state index is 0. The molecular formula is C15H27IN4. The van der Waals surface area contributed by atoms with Gasteiger partial charge in [0.05, 0.1) is 0 Å². The quantitative estimate of drug-likeness (QED) is 0.461. The number of halogens is 1. The summed E-state index contributed by atoms with van der Waals surface area (Å²) in [5.74, 6) is 0.966. The summed E-state index contributed by atoms with van der Waals surface area (Å²) in [4.78, 5) is 10.8. The van der Waals surface area contributed by atoms with Crippen LogP contribution in [0, 0.1) is 6.92 Å². The van der Waals surface area contributed by atoms with E-state index in [1.54, 1.807) is 0 Å². The van der Waals surface area contributed by atoms with Crippen molar-refractivity contribution in [3.63, 3.8) is 0 Å². The number of unbranched alkanes of at least 4 members (excludes halogenated alkanes) is 1. The third-order valence-corrected chi connectivity index (χ3v) is 3.09. The molecule has 1 N–H and O–H groups in total. The molecule has 4 nitrogen and oxygen atoms in total. The van der Waals surface area contributed by atoms with Gasteiger partial charge in [-0.15, -0.1) is 24.0 Å². The molecule has 0 saturated heterocycles. The predicted molar refractivity (Wildman–Crippen MR) is 97.0 cm³/mol. The molecule has 0 aliphatic carbocycles. The number of nitrogens with one attached hydrogen (secondary N) is 1. The summed E-state index contributed by atoms with van der Waals surface area (Å²) in [6.45, 7) is 6.14. The molecule has 0 bridgehead atoms. The van der Waals surface area contributed by atoms with Crippen LogP contribution < -0.4 is 5.32 Å². The van der Waals surface area contributed by atoms with Gasteiger partial charge in [-0.1, -0.05) is 19.4 Å². The van der Waals surface area contributed by atoms with E-state index >= 15 is 0 Å². The van der Waals surface area contributed by atoms with Crippen LogP contribution in [0.5, 0.6) is 0 Å². The zero-order chi connectivity index (χ0) is 14.1. The molecule has 0 spiro atoms. The molecule has 1 rings (SSSR count). The van der Waals surface area contributed by atoms with Crippen LogP contribution in [0.3, 0.4) is 0 Å². The van der Waals surface area contributed by atoms with Crippen LogP contribution in [0.25, 0.3) is 0 Å². The van der Waals surface area contributed by atoms with E-state index in [2.05, 4.69) is 46.3 Å². The van der Waals surface area contributed by atoms with Gasteiger partial charge in [0.25, 0.3) is 0 Å². The second-order valence-corrected chi connectivity index (χ2v) is 4.81. The molecule has 114 valence electrons. The first-order valence-electron chi connectivity index (χ1n) is 7.00. The number of hydrogen-bond acceptors (Lipinski definition) is 2. The summed E-state index contributed by atoms with van der Waals surface area (Å²) < 4.78 is 0. The van der Waals surface area contributed by atoms with E-state index in [1.807, 2.05) is 20.2 Å². The zero-order valence-electron chi connectivity index (χ0n) is 13.0. The maximum atomic E-state index is 4.30. The molecule has 0 aliphatic rings. The minimum absolute atomic E-state index is 0. The Morgan fingerprint density at radius 3 is 2.70 bits per heavy atom. The molecule has 0 amide bonds. The SMILES string of the molecule is CCCCN(C)C(=NC)NCCc1ccc(C)nc1.I. The first-order chi connectivity index (χ1) is 9.17. The Morgan fingerprint density at radius 1 is 1.40 bits per heavy atom. The lowest BCUT2D eigenvalue weighted by atomic mass is 10.2. The van der Waals surface area contributed by atoms with Gasteiger partial charge >= 0.3 is 0 Å². The van der Waals surface area contributed by atoms with Crippen LogP contribution in [-0.4, -0.2) is 43.0 Å². The third-order valence-electron chi connectivity index (χ3n) is 3.09. The van der Waals surface area contributed by atoms with Gasteiger partial charge < -0.3 is 10.2 Å². The Morgan fingerprint density at radius 2 is 2.15 bits per heavy atom. The number of hydrogen-bond donors (Lipinski definition) is 1. The molecule has 0 radical (unpaired) electrons. The smallest absolute Gasteiger partial charge is 0.193 e. The molecule has 0 unspecified atom stereocenters. The second kappa shape index (κ2) is 10.9. The van der Waals surface area contributed by atoms with Gasteiger partial charge in [0.1, 0.15) is 0 Å². The number of rotatable bonds is 6. The Labute approximate surface area is 140 Å². The summed E-state index contributed by atoms with van der Waals surface area (Å²) >= 11 is 0. The van der Waals surface area contributed by atoms with Gasteiger partial charge in [-0.3, -0.25) is 9.98 Å². The predicted octanol–water partition coefficient (Wildman–Crippen LogP) is 2.86. The zero-order valence-corrected chi connectivity index (χ0v) is 15.3. The molecule has 0 fully saturated rings. The molecule has 5 heteroatoms. The van der Waals surface area contributed by atoms with E-state index < -0.39 is 0 Å². The maximum absolute atomic E-state index is 4.30. The fourth-order valence-corrected chi connectivity index (χ4v) is 1.85. The highest BCUT2D eigenvalue weighted by Crippen LogP contribution is 2.00. The van der Waals surface area contributed by atoms with E-state index in [4.69, 9.17) is 0 Å². The fraction of sp³-hybridized carbons (Fsp3) is 0.600. The molecule has 0 saturated carbocycles. The Kier molecular flexibility index (Phi) is 10.4. The number of pyridine rings is 1. The molecular weight excluding hydrogens is 363 g/mol. The van der Waals surface area contributed by atoms with Gasteiger partial charge in [-0.25, -0.2) is 0 Å². The molecule has 0 aliphatic heterocycles. The van der Waals surface area contributed by atoms with E-state index in [0.717, 1.165) is 31.2 Å². The normalized spacial score (nSPS) is 10.9. The lowest BCUT2D eigenvalue weighted by molar-refractivity contribution is 0.465. The van der Waals surface area contributed by atoms with E-state index in [0.29, 0.717) is 0 Å². The first kappa shape index (κ1) is 19.1. The highest BCUT2D eigenvalue weighted by molar-refractivity contribution is 14.0. The van der Waals surface area contributed by atoms with Gasteiger partial charge in [0, 0.05) is 39.1 Å². The maximum Gasteiger partial charge on any atom is 0.193 e. The highest BCUT2D eigenvalue weighted by Gasteiger charge is 2.04. The fourth-order valence-electron chi connectivity index (χ4n) is 1.85. The van der Waals surface area contributed by atoms with Crippen LogP contribution >= 0.6 is 24.0 Å². The molecule has 0 atom stereocenters. The average Bonchev–Trinajstić information content (AvgIpc) is 2.43. The molecule has 20 heavy (non-hydrogen) atoms. The Bertz CT molecular complexity index is 389. The largest absolute Gasteiger partial charge is 0.356 e. The average molecular weight is 390 g/mol. The first-order valence-corrected chi connectivity index (χ1v) is 7.00. The number of nitrogens with zero attached hydrogens (tertiary/aromatic N) is 3. The second-order valence-electron chi connectivity index (χ2n) is 4.81. The van der Waals surface area contributed by atoms with Gasteiger partial charge in [0.15, 0.2) is 5.96 Å². The summed E-state index contributed by atoms with van der Waals surface area (Å²) in [7, 11) is 3.91. The molecule has 1 aromatic heterocycles. The number of aliphatic imine (C=N–C) groups is 1. The lowest BCUT2D eigenvalue weighted by Gasteiger charge is -2.21. The van der Waals surface area contributed by atoms with Crippen molar-refractivity contribution in [1.82, 2.24) is 15.2 Å².